The molecular formula is C30H23BrCl2N2O4S. The van der Waals surface area contributed by atoms with Gasteiger partial charge in [0.25, 0.3) is 5.56 Å². The predicted molar refractivity (Wildman–Crippen MR) is 162 cm³/mol. The minimum Gasteiger partial charge on any atom is -0.488 e. The van der Waals surface area contributed by atoms with Crippen LogP contribution in [-0.4, -0.2) is 17.1 Å². The molecule has 1 aliphatic rings. The number of nitrogens with zero attached hydrogens (tertiary/aromatic N) is 2. The van der Waals surface area contributed by atoms with Crippen molar-refractivity contribution in [1.29, 1.82) is 0 Å². The van der Waals surface area contributed by atoms with Gasteiger partial charge in [0.1, 0.15) is 12.4 Å². The molecule has 0 spiro atoms. The number of esters is 1. The fourth-order valence-electron chi connectivity index (χ4n) is 4.44. The summed E-state index contributed by atoms with van der Waals surface area (Å²) in [5.74, 6) is 0.0819. The number of rotatable bonds is 7. The lowest BCUT2D eigenvalue weighted by Gasteiger charge is -2.24. The maximum absolute atomic E-state index is 13.9. The molecule has 5 rings (SSSR count). The van der Waals surface area contributed by atoms with E-state index in [9.17, 15) is 9.59 Å². The van der Waals surface area contributed by atoms with Crippen molar-refractivity contribution in [2.75, 3.05) is 6.61 Å². The molecule has 1 aliphatic heterocycles. The summed E-state index contributed by atoms with van der Waals surface area (Å²) in [6.45, 7) is 3.95. The molecule has 0 aliphatic carbocycles. The molecule has 2 heterocycles. The van der Waals surface area contributed by atoms with Gasteiger partial charge in [0.15, 0.2) is 4.80 Å². The van der Waals surface area contributed by atoms with Gasteiger partial charge in [0, 0.05) is 25.6 Å². The number of halogens is 3. The highest BCUT2D eigenvalue weighted by Crippen LogP contribution is 2.31. The Bertz CT molecular complexity index is 1820. The number of thiazole rings is 1. The van der Waals surface area contributed by atoms with Crippen molar-refractivity contribution in [3.8, 4) is 5.75 Å². The summed E-state index contributed by atoms with van der Waals surface area (Å²) in [6, 6.07) is 19.6. The zero-order valence-corrected chi connectivity index (χ0v) is 25.4. The molecule has 0 N–H and O–H groups in total. The van der Waals surface area contributed by atoms with Crippen molar-refractivity contribution in [1.82, 2.24) is 4.57 Å². The average molecular weight is 658 g/mol. The Morgan fingerprint density at radius 2 is 1.90 bits per heavy atom. The molecule has 0 bridgehead atoms. The van der Waals surface area contributed by atoms with Crippen LogP contribution in [0.5, 0.6) is 5.75 Å². The lowest BCUT2D eigenvalue weighted by molar-refractivity contribution is -0.139. The van der Waals surface area contributed by atoms with E-state index in [1.807, 2.05) is 54.6 Å². The second kappa shape index (κ2) is 12.1. The lowest BCUT2D eigenvalue weighted by atomic mass is 9.96. The van der Waals surface area contributed by atoms with E-state index in [1.54, 1.807) is 36.6 Å². The Hall–Kier alpha value is -3.17. The predicted octanol–water partition coefficient (Wildman–Crippen LogP) is 6.45. The highest BCUT2D eigenvalue weighted by atomic mass is 79.9. The molecule has 1 unspecified atom stereocenters. The minimum atomic E-state index is -0.663. The van der Waals surface area contributed by atoms with Crippen LogP contribution in [0.3, 0.4) is 0 Å². The van der Waals surface area contributed by atoms with Crippen LogP contribution in [0.1, 0.15) is 36.6 Å². The van der Waals surface area contributed by atoms with Crippen LogP contribution in [-0.2, 0) is 16.1 Å². The molecule has 204 valence electrons. The Balaban J connectivity index is 1.60. The second-order valence-corrected chi connectivity index (χ2v) is 11.7. The fourth-order valence-corrected chi connectivity index (χ4v) is 6.32. The average Bonchev–Trinajstić information content (AvgIpc) is 3.23. The van der Waals surface area contributed by atoms with Crippen molar-refractivity contribution in [2.24, 2.45) is 4.99 Å². The zero-order valence-electron chi connectivity index (χ0n) is 21.5. The summed E-state index contributed by atoms with van der Waals surface area (Å²) in [7, 11) is 0. The summed E-state index contributed by atoms with van der Waals surface area (Å²) in [6.07, 6.45) is 1.78. The van der Waals surface area contributed by atoms with E-state index in [2.05, 4.69) is 20.9 Å². The normalized spacial score (nSPS) is 15.0. The quantitative estimate of drug-likeness (QED) is 0.214. The van der Waals surface area contributed by atoms with Gasteiger partial charge in [-0.25, -0.2) is 9.79 Å². The van der Waals surface area contributed by atoms with E-state index in [-0.39, 0.29) is 18.8 Å². The van der Waals surface area contributed by atoms with Crippen LogP contribution in [0.2, 0.25) is 10.0 Å². The summed E-state index contributed by atoms with van der Waals surface area (Å²) in [4.78, 5) is 32.1. The maximum atomic E-state index is 13.9. The van der Waals surface area contributed by atoms with Crippen LogP contribution in [0.15, 0.2) is 92.3 Å². The van der Waals surface area contributed by atoms with Gasteiger partial charge in [-0.15, -0.1) is 0 Å². The summed E-state index contributed by atoms with van der Waals surface area (Å²) < 4.78 is 14.3. The molecule has 0 radical (unpaired) electrons. The Morgan fingerprint density at radius 3 is 2.62 bits per heavy atom. The number of fused-ring (bicyclic) bond motifs is 1. The van der Waals surface area contributed by atoms with Crippen molar-refractivity contribution >= 4 is 62.5 Å². The molecule has 0 amide bonds. The first-order chi connectivity index (χ1) is 19.3. The summed E-state index contributed by atoms with van der Waals surface area (Å²) in [5.41, 5.74) is 2.87. The molecule has 1 atom stereocenters. The van der Waals surface area contributed by atoms with Crippen LogP contribution in [0, 0.1) is 0 Å². The van der Waals surface area contributed by atoms with Crippen molar-refractivity contribution in [3.05, 3.63) is 129 Å². The van der Waals surface area contributed by atoms with Crippen molar-refractivity contribution in [2.45, 2.75) is 26.5 Å². The molecular weight excluding hydrogens is 635 g/mol. The van der Waals surface area contributed by atoms with Crippen LogP contribution in [0.4, 0.5) is 0 Å². The monoisotopic (exact) mass is 656 g/mol. The molecule has 6 nitrogen and oxygen atoms in total. The van der Waals surface area contributed by atoms with Crippen LogP contribution < -0.4 is 19.6 Å². The van der Waals surface area contributed by atoms with E-state index in [4.69, 9.17) is 32.7 Å². The molecule has 3 aromatic carbocycles. The highest BCUT2D eigenvalue weighted by molar-refractivity contribution is 9.10. The molecule has 0 fully saturated rings. The third-order valence-electron chi connectivity index (χ3n) is 6.29. The molecule has 4 aromatic rings. The number of allylic oxidation sites excluding steroid dienone is 1. The first-order valence-corrected chi connectivity index (χ1v) is 14.7. The van der Waals surface area contributed by atoms with E-state index in [0.717, 1.165) is 15.6 Å². The molecule has 0 saturated heterocycles. The number of aromatic nitrogens is 1. The summed E-state index contributed by atoms with van der Waals surface area (Å²) in [5, 5.41) is 1.05. The second-order valence-electron chi connectivity index (χ2n) is 8.92. The molecule has 1 aromatic heterocycles. The van der Waals surface area contributed by atoms with Crippen LogP contribution >= 0.6 is 50.5 Å². The van der Waals surface area contributed by atoms with Gasteiger partial charge >= 0.3 is 5.97 Å². The van der Waals surface area contributed by atoms with Gasteiger partial charge in [-0.05, 0) is 55.8 Å². The minimum absolute atomic E-state index is 0.217. The molecule has 40 heavy (non-hydrogen) atoms. The van der Waals surface area contributed by atoms with Gasteiger partial charge in [-0.2, -0.15) is 0 Å². The van der Waals surface area contributed by atoms with Gasteiger partial charge in [-0.3, -0.25) is 9.36 Å². The van der Waals surface area contributed by atoms with Crippen molar-refractivity contribution in [3.63, 3.8) is 0 Å². The number of hydrogen-bond donors (Lipinski definition) is 0. The topological polar surface area (TPSA) is 69.9 Å². The largest absolute Gasteiger partial charge is 0.488 e. The van der Waals surface area contributed by atoms with E-state index in [0.29, 0.717) is 42.0 Å². The number of benzene rings is 3. The third-order valence-corrected chi connectivity index (χ3v) is 8.35. The smallest absolute Gasteiger partial charge is 0.338 e. The van der Waals surface area contributed by atoms with Gasteiger partial charge < -0.3 is 9.47 Å². The van der Waals surface area contributed by atoms with E-state index in [1.165, 1.54) is 11.3 Å². The summed E-state index contributed by atoms with van der Waals surface area (Å²) >= 11 is 17.1. The maximum Gasteiger partial charge on any atom is 0.338 e. The number of hydrogen-bond acceptors (Lipinski definition) is 6. The van der Waals surface area contributed by atoms with Gasteiger partial charge in [0.05, 0.1) is 28.5 Å². The standard InChI is InChI=1S/C30H23BrCl2N2O4S/c1-3-38-29(37)26-17(2)34-30-35(27(26)18-7-5-4-6-8-18)28(36)25(40-30)14-20-13-21(31)10-12-24(20)39-16-19-9-11-22(32)15-23(19)33/h4-15,27H,3,16H2,1-2H3/b25-14-. The highest BCUT2D eigenvalue weighted by Gasteiger charge is 2.33. The number of carbonyl (C=O) groups is 1. The molecule has 0 saturated carbocycles. The van der Waals surface area contributed by atoms with E-state index < -0.39 is 12.0 Å². The van der Waals surface area contributed by atoms with Gasteiger partial charge in [-0.1, -0.05) is 86.9 Å². The Kier molecular flexibility index (Phi) is 8.61. The third kappa shape index (κ3) is 5.81. The Labute approximate surface area is 252 Å². The van der Waals surface area contributed by atoms with E-state index >= 15 is 0 Å². The first-order valence-electron chi connectivity index (χ1n) is 12.4. The fraction of sp³-hybridized carbons (Fsp3) is 0.167. The zero-order chi connectivity index (χ0) is 28.4. The van der Waals surface area contributed by atoms with Crippen molar-refractivity contribution < 1.29 is 14.3 Å². The van der Waals surface area contributed by atoms with Crippen LogP contribution in [0.25, 0.3) is 6.08 Å². The SMILES string of the molecule is CCOC(=O)C1=C(C)N=c2s/c(=C\c3cc(Br)ccc3OCc3ccc(Cl)cc3Cl)c(=O)n2C1c1ccccc1. The molecule has 10 heteroatoms. The first kappa shape index (κ1) is 28.4. The lowest BCUT2D eigenvalue weighted by Crippen LogP contribution is -2.39. The Morgan fingerprint density at radius 1 is 1.12 bits per heavy atom. The number of carbonyl (C=O) groups excluding carboxylic acids is 1. The van der Waals surface area contributed by atoms with Gasteiger partial charge in [0.2, 0.25) is 0 Å². The number of ether oxygens (including phenoxy) is 2.